The van der Waals surface area contributed by atoms with Crippen molar-refractivity contribution in [3.63, 3.8) is 0 Å². The Kier molecular flexibility index (Phi) is 4.47. The Morgan fingerprint density at radius 2 is 2.28 bits per heavy atom. The van der Waals surface area contributed by atoms with Gasteiger partial charge in [-0.15, -0.1) is 0 Å². The van der Waals surface area contributed by atoms with E-state index in [4.69, 9.17) is 0 Å². The Labute approximate surface area is 112 Å². The molecule has 1 saturated carbocycles. The van der Waals surface area contributed by atoms with E-state index < -0.39 is 0 Å². The predicted octanol–water partition coefficient (Wildman–Crippen LogP) is 2.14. The number of rotatable bonds is 4. The van der Waals surface area contributed by atoms with Crippen molar-refractivity contribution in [2.24, 2.45) is 0 Å². The molecular formula is C13H19N3OS. The van der Waals surface area contributed by atoms with E-state index in [9.17, 15) is 4.79 Å². The number of nitrogens with one attached hydrogen (secondary N) is 2. The number of thioether (sulfide) groups is 1. The molecule has 1 heterocycles. The summed E-state index contributed by atoms with van der Waals surface area (Å²) in [6, 6.07) is 3.91. The van der Waals surface area contributed by atoms with E-state index in [-0.39, 0.29) is 5.91 Å². The summed E-state index contributed by atoms with van der Waals surface area (Å²) in [5, 5.41) is 6.62. The molecule has 1 aromatic heterocycles. The van der Waals surface area contributed by atoms with Crippen molar-refractivity contribution in [1.82, 2.24) is 10.3 Å². The molecular weight excluding hydrogens is 246 g/mol. The van der Waals surface area contributed by atoms with Crippen LogP contribution in [0.25, 0.3) is 0 Å². The number of aromatic nitrogens is 1. The topological polar surface area (TPSA) is 54.0 Å². The van der Waals surface area contributed by atoms with Gasteiger partial charge in [0, 0.05) is 18.3 Å². The molecule has 0 radical (unpaired) electrons. The van der Waals surface area contributed by atoms with Crippen molar-refractivity contribution >= 4 is 23.4 Å². The summed E-state index contributed by atoms with van der Waals surface area (Å²) in [6.45, 7) is 0. The second-order valence-corrected chi connectivity index (χ2v) is 5.54. The maximum absolute atomic E-state index is 12.1. The van der Waals surface area contributed by atoms with Crippen molar-refractivity contribution < 1.29 is 4.79 Å². The molecule has 4 nitrogen and oxygen atoms in total. The van der Waals surface area contributed by atoms with E-state index in [0.29, 0.717) is 17.0 Å². The van der Waals surface area contributed by atoms with Crippen molar-refractivity contribution in [2.75, 3.05) is 18.6 Å². The molecule has 0 bridgehead atoms. The number of hydrogen-bond donors (Lipinski definition) is 2. The maximum Gasteiger partial charge on any atom is 0.270 e. The first-order chi connectivity index (χ1) is 8.74. The molecule has 0 spiro atoms. The number of nitrogens with zero attached hydrogens (tertiary/aromatic N) is 1. The van der Waals surface area contributed by atoms with Crippen LogP contribution in [0, 0.1) is 0 Å². The van der Waals surface area contributed by atoms with Gasteiger partial charge in [-0.05, 0) is 31.2 Å². The minimum absolute atomic E-state index is 0.0661. The van der Waals surface area contributed by atoms with Gasteiger partial charge < -0.3 is 10.6 Å². The average Bonchev–Trinajstić information content (AvgIpc) is 2.86. The minimum atomic E-state index is -0.0661. The van der Waals surface area contributed by atoms with Gasteiger partial charge in [0.1, 0.15) is 5.69 Å². The van der Waals surface area contributed by atoms with Crippen LogP contribution in [0.2, 0.25) is 0 Å². The van der Waals surface area contributed by atoms with E-state index in [1.54, 1.807) is 12.3 Å². The lowest BCUT2D eigenvalue weighted by Gasteiger charge is -2.18. The van der Waals surface area contributed by atoms with Gasteiger partial charge in [0.2, 0.25) is 0 Å². The third-order valence-corrected chi connectivity index (χ3v) is 4.53. The largest absolute Gasteiger partial charge is 0.387 e. The van der Waals surface area contributed by atoms with Crippen LogP contribution in [0.1, 0.15) is 29.8 Å². The lowest BCUT2D eigenvalue weighted by molar-refractivity contribution is 0.0933. The number of carbonyl (C=O) groups excluding carboxylic acids is 1. The van der Waals surface area contributed by atoms with Crippen molar-refractivity contribution in [3.8, 4) is 0 Å². The van der Waals surface area contributed by atoms with Crippen LogP contribution >= 0.6 is 11.8 Å². The fourth-order valence-electron chi connectivity index (χ4n) is 2.29. The molecule has 18 heavy (non-hydrogen) atoms. The van der Waals surface area contributed by atoms with Crippen LogP contribution in [-0.4, -0.2) is 35.5 Å². The summed E-state index contributed by atoms with van der Waals surface area (Å²) in [4.78, 5) is 16.2. The highest BCUT2D eigenvalue weighted by Gasteiger charge is 2.28. The molecule has 2 unspecified atom stereocenters. The Morgan fingerprint density at radius 3 is 2.89 bits per heavy atom. The van der Waals surface area contributed by atoms with E-state index in [0.717, 1.165) is 12.1 Å². The standard InChI is InChI=1S/C13H19N3OS/c1-14-9-6-7-11(15-8-9)13(17)16-10-4-3-5-12(10)18-2/h6-8,10,12,14H,3-5H2,1-2H3,(H,16,17). The summed E-state index contributed by atoms with van der Waals surface area (Å²) in [5.41, 5.74) is 1.40. The molecule has 2 atom stereocenters. The lowest BCUT2D eigenvalue weighted by atomic mass is 10.2. The number of hydrogen-bond acceptors (Lipinski definition) is 4. The van der Waals surface area contributed by atoms with Crippen LogP contribution in [0.4, 0.5) is 5.69 Å². The smallest absolute Gasteiger partial charge is 0.270 e. The molecule has 1 aromatic rings. The Morgan fingerprint density at radius 1 is 1.44 bits per heavy atom. The number of amides is 1. The first-order valence-corrected chi connectivity index (χ1v) is 7.51. The molecule has 1 amide bonds. The normalized spacial score (nSPS) is 22.8. The second-order valence-electron chi connectivity index (χ2n) is 4.47. The first-order valence-electron chi connectivity index (χ1n) is 6.22. The molecule has 0 aromatic carbocycles. The fraction of sp³-hybridized carbons (Fsp3) is 0.538. The van der Waals surface area contributed by atoms with Crippen LogP contribution in [-0.2, 0) is 0 Å². The van der Waals surface area contributed by atoms with Gasteiger partial charge in [-0.2, -0.15) is 11.8 Å². The molecule has 1 aliphatic rings. The molecule has 0 aliphatic heterocycles. The van der Waals surface area contributed by atoms with Gasteiger partial charge in [-0.1, -0.05) is 6.42 Å². The highest BCUT2D eigenvalue weighted by atomic mass is 32.2. The lowest BCUT2D eigenvalue weighted by Crippen LogP contribution is -2.38. The summed E-state index contributed by atoms with van der Waals surface area (Å²) < 4.78 is 0. The van der Waals surface area contributed by atoms with Crippen molar-refractivity contribution in [3.05, 3.63) is 24.0 Å². The number of anilines is 1. The van der Waals surface area contributed by atoms with Crippen molar-refractivity contribution in [2.45, 2.75) is 30.6 Å². The third kappa shape index (κ3) is 2.96. The van der Waals surface area contributed by atoms with E-state index >= 15 is 0 Å². The van der Waals surface area contributed by atoms with E-state index in [2.05, 4.69) is 21.9 Å². The average molecular weight is 265 g/mol. The van der Waals surface area contributed by atoms with E-state index in [1.165, 1.54) is 12.8 Å². The molecule has 98 valence electrons. The van der Waals surface area contributed by atoms with Gasteiger partial charge >= 0.3 is 0 Å². The van der Waals surface area contributed by atoms with E-state index in [1.807, 2.05) is 24.9 Å². The molecule has 0 saturated heterocycles. The highest BCUT2D eigenvalue weighted by molar-refractivity contribution is 7.99. The van der Waals surface area contributed by atoms with Crippen LogP contribution in [0.5, 0.6) is 0 Å². The molecule has 2 N–H and O–H groups in total. The molecule has 1 fully saturated rings. The monoisotopic (exact) mass is 265 g/mol. The summed E-state index contributed by atoms with van der Waals surface area (Å²) >= 11 is 1.84. The molecule has 2 rings (SSSR count). The van der Waals surface area contributed by atoms with Gasteiger partial charge in [0.05, 0.1) is 11.9 Å². The van der Waals surface area contributed by atoms with Crippen molar-refractivity contribution in [1.29, 1.82) is 0 Å². The third-order valence-electron chi connectivity index (χ3n) is 3.36. The Bertz CT molecular complexity index is 407. The highest BCUT2D eigenvalue weighted by Crippen LogP contribution is 2.28. The van der Waals surface area contributed by atoms with Gasteiger partial charge in [-0.25, -0.2) is 4.98 Å². The van der Waals surface area contributed by atoms with Gasteiger partial charge in [-0.3, -0.25) is 4.79 Å². The second kappa shape index (κ2) is 6.09. The Balaban J connectivity index is 1.98. The van der Waals surface area contributed by atoms with Crippen LogP contribution in [0.15, 0.2) is 18.3 Å². The molecule has 1 aliphatic carbocycles. The SMILES string of the molecule is CNc1ccc(C(=O)NC2CCCC2SC)nc1. The number of pyridine rings is 1. The quantitative estimate of drug-likeness (QED) is 0.876. The summed E-state index contributed by atoms with van der Waals surface area (Å²) in [6.07, 6.45) is 7.25. The van der Waals surface area contributed by atoms with Gasteiger partial charge in [0.25, 0.3) is 5.91 Å². The first kappa shape index (κ1) is 13.2. The fourth-order valence-corrected chi connectivity index (χ4v) is 3.23. The molecule has 5 heteroatoms. The zero-order chi connectivity index (χ0) is 13.0. The van der Waals surface area contributed by atoms with Crippen LogP contribution in [0.3, 0.4) is 0 Å². The summed E-state index contributed by atoms with van der Waals surface area (Å²) in [5.74, 6) is -0.0661. The zero-order valence-corrected chi connectivity index (χ0v) is 11.6. The van der Waals surface area contributed by atoms with Gasteiger partial charge in [0.15, 0.2) is 0 Å². The maximum atomic E-state index is 12.1. The predicted molar refractivity (Wildman–Crippen MR) is 76.2 cm³/mol. The minimum Gasteiger partial charge on any atom is -0.387 e. The summed E-state index contributed by atoms with van der Waals surface area (Å²) in [7, 11) is 1.83. The van der Waals surface area contributed by atoms with Crippen LogP contribution < -0.4 is 10.6 Å². The zero-order valence-electron chi connectivity index (χ0n) is 10.8. The Hall–Kier alpha value is -1.23. The number of carbonyl (C=O) groups is 1.